The number of benzene rings is 3. The highest BCUT2D eigenvalue weighted by molar-refractivity contribution is 7.07. The molecule has 0 aliphatic carbocycles. The second-order valence-corrected chi connectivity index (χ2v) is 12.4. The Labute approximate surface area is 271 Å². The number of aromatic nitrogens is 1. The molecule has 0 radical (unpaired) electrons. The molecule has 4 aromatic rings. The molecule has 2 aliphatic rings. The first-order valence-electron chi connectivity index (χ1n) is 15.7. The number of nitrogens with zero attached hydrogens (tertiary/aromatic N) is 4. The summed E-state index contributed by atoms with van der Waals surface area (Å²) in [7, 11) is 1.61. The van der Waals surface area contributed by atoms with E-state index < -0.39 is 6.04 Å². The largest absolute Gasteiger partial charge is 0.496 e. The van der Waals surface area contributed by atoms with Crippen LogP contribution in [0.25, 0.3) is 16.8 Å². The van der Waals surface area contributed by atoms with Gasteiger partial charge in [0.1, 0.15) is 17.5 Å². The molecule has 1 aromatic heterocycles. The zero-order valence-corrected chi connectivity index (χ0v) is 27.4. The third-order valence-corrected chi connectivity index (χ3v) is 9.71. The number of likely N-dealkylation sites (N-methyl/N-ethyl adjacent to an activating group) is 1. The molecule has 238 valence electrons. The molecule has 2 amide bonds. The van der Waals surface area contributed by atoms with Crippen molar-refractivity contribution >= 4 is 40.0 Å². The number of carbonyl (C=O) groups is 2. The Morgan fingerprint density at radius 3 is 2.43 bits per heavy atom. The van der Waals surface area contributed by atoms with Crippen LogP contribution in [0, 0.1) is 0 Å². The van der Waals surface area contributed by atoms with Gasteiger partial charge in [-0.3, -0.25) is 19.0 Å². The van der Waals surface area contributed by atoms with Crippen LogP contribution in [0.1, 0.15) is 50.8 Å². The first-order valence-corrected chi connectivity index (χ1v) is 16.5. The van der Waals surface area contributed by atoms with E-state index in [0.29, 0.717) is 45.2 Å². The van der Waals surface area contributed by atoms with E-state index in [2.05, 4.69) is 0 Å². The van der Waals surface area contributed by atoms with Gasteiger partial charge in [-0.25, -0.2) is 4.99 Å². The van der Waals surface area contributed by atoms with E-state index in [4.69, 9.17) is 14.5 Å². The van der Waals surface area contributed by atoms with Gasteiger partial charge in [-0.2, -0.15) is 0 Å². The van der Waals surface area contributed by atoms with E-state index in [9.17, 15) is 14.4 Å². The molecule has 0 saturated carbocycles. The number of ether oxygens (including phenoxy) is 2. The number of amides is 2. The number of likely N-dealkylation sites (tertiary alicyclic amines) is 1. The zero-order chi connectivity index (χ0) is 32.4. The number of fused-ring (bicyclic) bond motifs is 2. The highest BCUT2D eigenvalue weighted by atomic mass is 32.1. The lowest BCUT2D eigenvalue weighted by atomic mass is 9.90. The van der Waals surface area contributed by atoms with Gasteiger partial charge in [0.2, 0.25) is 0 Å². The molecular weight excluding hydrogens is 600 g/mol. The average Bonchev–Trinajstić information content (AvgIpc) is 3.72. The first-order chi connectivity index (χ1) is 22.3. The van der Waals surface area contributed by atoms with E-state index >= 15 is 0 Å². The van der Waals surface area contributed by atoms with Crippen molar-refractivity contribution < 1.29 is 19.1 Å². The highest BCUT2D eigenvalue weighted by Crippen LogP contribution is 2.40. The van der Waals surface area contributed by atoms with Crippen molar-refractivity contribution in [2.75, 3.05) is 39.9 Å². The Balaban J connectivity index is 1.43. The molecule has 6 rings (SSSR count). The Kier molecular flexibility index (Phi) is 9.08. The third-order valence-electron chi connectivity index (χ3n) is 8.73. The fraction of sp³-hybridized carbons (Fsp3) is 0.333. The summed E-state index contributed by atoms with van der Waals surface area (Å²) in [5.74, 6) is 1.02. The predicted octanol–water partition coefficient (Wildman–Crippen LogP) is 4.27. The fourth-order valence-corrected chi connectivity index (χ4v) is 7.35. The molecule has 1 atom stereocenters. The minimum Gasteiger partial charge on any atom is -0.496 e. The fourth-order valence-electron chi connectivity index (χ4n) is 6.30. The van der Waals surface area contributed by atoms with Crippen molar-refractivity contribution in [3.8, 4) is 11.5 Å². The Bertz CT molecular complexity index is 2000. The second kappa shape index (κ2) is 13.3. The van der Waals surface area contributed by atoms with Crippen LogP contribution in [0.3, 0.4) is 0 Å². The number of hydrogen-bond donors (Lipinski definition) is 0. The van der Waals surface area contributed by atoms with E-state index in [1.807, 2.05) is 80.3 Å². The molecule has 3 heterocycles. The molecule has 9 nitrogen and oxygen atoms in total. The Morgan fingerprint density at radius 1 is 1.02 bits per heavy atom. The Hall–Kier alpha value is -4.70. The number of hydrogen-bond acceptors (Lipinski definition) is 7. The van der Waals surface area contributed by atoms with Gasteiger partial charge in [-0.1, -0.05) is 53.8 Å². The minimum absolute atomic E-state index is 0.00345. The first kappa shape index (κ1) is 31.3. The zero-order valence-electron chi connectivity index (χ0n) is 26.6. The van der Waals surface area contributed by atoms with Gasteiger partial charge in [0, 0.05) is 31.7 Å². The van der Waals surface area contributed by atoms with Gasteiger partial charge in [0.25, 0.3) is 17.4 Å². The number of methoxy groups -OCH3 is 1. The summed E-state index contributed by atoms with van der Waals surface area (Å²) in [5.41, 5.74) is 2.36. The van der Waals surface area contributed by atoms with Crippen molar-refractivity contribution in [3.63, 3.8) is 0 Å². The molecule has 46 heavy (non-hydrogen) atoms. The summed E-state index contributed by atoms with van der Waals surface area (Å²) >= 11 is 1.29. The SMILES string of the molecule is CCN(CC)C(=O)C1=C(C)N=c2s/c(=C\c3ccc(OCC(=O)N4CCCC4)cc3)c(=O)n2[C@@H]1c1c(OC)ccc2ccccc12. The summed E-state index contributed by atoms with van der Waals surface area (Å²) in [6.45, 7) is 8.37. The van der Waals surface area contributed by atoms with E-state index in [1.54, 1.807) is 28.7 Å². The molecule has 0 N–H and O–H groups in total. The summed E-state index contributed by atoms with van der Waals surface area (Å²) in [4.78, 5) is 49.7. The molecule has 0 unspecified atom stereocenters. The molecule has 10 heteroatoms. The second-order valence-electron chi connectivity index (χ2n) is 11.4. The van der Waals surface area contributed by atoms with Gasteiger partial charge < -0.3 is 19.3 Å². The van der Waals surface area contributed by atoms with E-state index in [1.165, 1.54) is 11.3 Å². The van der Waals surface area contributed by atoms with E-state index in [0.717, 1.165) is 47.8 Å². The Morgan fingerprint density at radius 2 is 1.74 bits per heavy atom. The summed E-state index contributed by atoms with van der Waals surface area (Å²) in [5, 5.41) is 1.88. The normalized spacial score (nSPS) is 16.4. The van der Waals surface area contributed by atoms with E-state index in [-0.39, 0.29) is 24.0 Å². The minimum atomic E-state index is -0.739. The van der Waals surface area contributed by atoms with Gasteiger partial charge in [0.15, 0.2) is 11.4 Å². The maximum absolute atomic E-state index is 14.3. The summed E-state index contributed by atoms with van der Waals surface area (Å²) in [6.07, 6.45) is 3.90. The van der Waals surface area contributed by atoms with Crippen LogP contribution >= 0.6 is 11.3 Å². The quantitative estimate of drug-likeness (QED) is 0.273. The van der Waals surface area contributed by atoms with Gasteiger partial charge in [-0.15, -0.1) is 0 Å². The number of carbonyl (C=O) groups excluding carboxylic acids is 2. The molecule has 0 spiro atoms. The maximum atomic E-state index is 14.3. The summed E-state index contributed by atoms with van der Waals surface area (Å²) < 4.78 is 13.8. The van der Waals surface area contributed by atoms with Crippen LogP contribution < -0.4 is 24.4 Å². The van der Waals surface area contributed by atoms with Gasteiger partial charge in [0.05, 0.1) is 22.9 Å². The predicted molar refractivity (Wildman–Crippen MR) is 180 cm³/mol. The maximum Gasteiger partial charge on any atom is 0.271 e. The number of rotatable bonds is 9. The number of thiazole rings is 1. The monoisotopic (exact) mass is 638 g/mol. The van der Waals surface area contributed by atoms with Crippen molar-refractivity contribution in [1.29, 1.82) is 0 Å². The molecule has 1 fully saturated rings. The van der Waals surface area contributed by atoms with Crippen LogP contribution in [-0.2, 0) is 9.59 Å². The topological polar surface area (TPSA) is 93.4 Å². The molecule has 3 aromatic carbocycles. The van der Waals surface area contributed by atoms with Crippen molar-refractivity contribution in [2.24, 2.45) is 4.99 Å². The van der Waals surface area contributed by atoms with Crippen LogP contribution in [0.15, 0.2) is 81.7 Å². The van der Waals surface area contributed by atoms with Crippen LogP contribution in [0.4, 0.5) is 0 Å². The van der Waals surface area contributed by atoms with Crippen LogP contribution in [-0.4, -0.2) is 66.1 Å². The average molecular weight is 639 g/mol. The lowest BCUT2D eigenvalue weighted by Gasteiger charge is -2.30. The molecule has 2 aliphatic heterocycles. The summed E-state index contributed by atoms with van der Waals surface area (Å²) in [6, 6.07) is 18.4. The molecule has 1 saturated heterocycles. The lowest BCUT2D eigenvalue weighted by molar-refractivity contribution is -0.132. The number of allylic oxidation sites excluding steroid dienone is 1. The smallest absolute Gasteiger partial charge is 0.271 e. The molecule has 0 bridgehead atoms. The van der Waals surface area contributed by atoms with Gasteiger partial charge >= 0.3 is 0 Å². The van der Waals surface area contributed by atoms with Crippen molar-refractivity contribution in [1.82, 2.24) is 14.4 Å². The van der Waals surface area contributed by atoms with Crippen LogP contribution in [0.5, 0.6) is 11.5 Å². The third kappa shape index (κ3) is 5.85. The standard InChI is InChI=1S/C36H38N4O5S/c1-5-38(6-2)35(43)31-23(3)37-36-40(33(31)32-27-12-8-7-11-25(27)15-18-28(32)44-4)34(42)29(46-36)21-24-13-16-26(17-14-24)45-22-30(41)39-19-9-10-20-39/h7-8,11-18,21,33H,5-6,9-10,19-20,22H2,1-4H3/b29-21-/t33-/m0/s1. The van der Waals surface area contributed by atoms with Crippen LogP contribution in [0.2, 0.25) is 0 Å². The van der Waals surface area contributed by atoms with Gasteiger partial charge in [-0.05, 0) is 74.2 Å². The molecular formula is C36H38N4O5S. The van der Waals surface area contributed by atoms with Crippen molar-refractivity contribution in [3.05, 3.63) is 103 Å². The van der Waals surface area contributed by atoms with Crippen molar-refractivity contribution in [2.45, 2.75) is 39.7 Å². The highest BCUT2D eigenvalue weighted by Gasteiger charge is 2.36. The lowest BCUT2D eigenvalue weighted by Crippen LogP contribution is -2.43.